The average molecular weight is 411 g/mol. The van der Waals surface area contributed by atoms with Crippen LogP contribution >= 0.6 is 0 Å². The van der Waals surface area contributed by atoms with Gasteiger partial charge in [0.2, 0.25) is 11.8 Å². The zero-order valence-electron chi connectivity index (χ0n) is 17.6. The van der Waals surface area contributed by atoms with Crippen molar-refractivity contribution in [3.63, 3.8) is 0 Å². The van der Waals surface area contributed by atoms with Crippen molar-refractivity contribution in [3.05, 3.63) is 47.3 Å². The van der Waals surface area contributed by atoms with E-state index >= 15 is 0 Å². The van der Waals surface area contributed by atoms with E-state index < -0.39 is 0 Å². The molecule has 3 aromatic rings. The van der Waals surface area contributed by atoms with Crippen LogP contribution in [0, 0.1) is 0 Å². The number of benzene rings is 2. The molecule has 8 nitrogen and oxygen atoms in total. The number of nitrogens with zero attached hydrogens (tertiary/aromatic N) is 3. The van der Waals surface area contributed by atoms with Crippen molar-refractivity contribution in [1.82, 2.24) is 15.1 Å². The van der Waals surface area contributed by atoms with Crippen LogP contribution in [0.25, 0.3) is 11.5 Å². The van der Waals surface area contributed by atoms with Crippen molar-refractivity contribution < 1.29 is 23.4 Å². The molecule has 0 aliphatic carbocycles. The second kappa shape index (κ2) is 8.62. The van der Waals surface area contributed by atoms with E-state index in [0.29, 0.717) is 29.8 Å². The van der Waals surface area contributed by atoms with Crippen molar-refractivity contribution in [2.24, 2.45) is 0 Å². The number of hydrogen-bond acceptors (Lipinski definition) is 8. The predicted octanol–water partition coefficient (Wildman–Crippen LogP) is 3.33. The fraction of sp³-hybridized carbons (Fsp3) is 0.364. The van der Waals surface area contributed by atoms with E-state index in [1.54, 1.807) is 28.4 Å². The van der Waals surface area contributed by atoms with Gasteiger partial charge < -0.3 is 23.4 Å². The van der Waals surface area contributed by atoms with Gasteiger partial charge in [0.05, 0.1) is 35.0 Å². The van der Waals surface area contributed by atoms with E-state index in [1.165, 1.54) is 11.1 Å². The zero-order valence-corrected chi connectivity index (χ0v) is 17.6. The number of rotatable bonds is 7. The monoisotopic (exact) mass is 411 g/mol. The molecule has 4 rings (SSSR count). The van der Waals surface area contributed by atoms with Crippen LogP contribution in [-0.2, 0) is 19.5 Å². The van der Waals surface area contributed by atoms with Crippen LogP contribution in [0.3, 0.4) is 0 Å². The highest BCUT2D eigenvalue weighted by Gasteiger charge is 2.21. The Morgan fingerprint density at radius 3 is 2.20 bits per heavy atom. The van der Waals surface area contributed by atoms with Crippen LogP contribution in [-0.4, -0.2) is 50.1 Å². The summed E-state index contributed by atoms with van der Waals surface area (Å²) in [7, 11) is 6.51. The van der Waals surface area contributed by atoms with Crippen molar-refractivity contribution >= 4 is 0 Å². The molecule has 0 fully saturated rings. The van der Waals surface area contributed by atoms with Gasteiger partial charge in [-0.05, 0) is 47.9 Å². The Morgan fingerprint density at radius 2 is 1.50 bits per heavy atom. The van der Waals surface area contributed by atoms with Crippen molar-refractivity contribution in [3.8, 4) is 34.5 Å². The smallest absolute Gasteiger partial charge is 0.247 e. The number of aromatic nitrogens is 2. The van der Waals surface area contributed by atoms with Crippen LogP contribution in [0.2, 0.25) is 0 Å². The third-order valence-corrected chi connectivity index (χ3v) is 5.25. The minimum atomic E-state index is 0.453. The summed E-state index contributed by atoms with van der Waals surface area (Å²) in [5.74, 6) is 3.80. The molecule has 1 aromatic heterocycles. The van der Waals surface area contributed by atoms with Crippen LogP contribution < -0.4 is 18.9 Å². The minimum absolute atomic E-state index is 0.453. The summed E-state index contributed by atoms with van der Waals surface area (Å²) in [6.45, 7) is 2.26. The van der Waals surface area contributed by atoms with Gasteiger partial charge in [-0.3, -0.25) is 4.90 Å². The van der Waals surface area contributed by atoms with Crippen LogP contribution in [0.5, 0.6) is 23.0 Å². The van der Waals surface area contributed by atoms with Crippen molar-refractivity contribution in [1.29, 1.82) is 0 Å². The fourth-order valence-electron chi connectivity index (χ4n) is 3.67. The molecule has 158 valence electrons. The Balaban J connectivity index is 1.49. The van der Waals surface area contributed by atoms with E-state index in [0.717, 1.165) is 36.6 Å². The molecule has 0 bridgehead atoms. The summed E-state index contributed by atoms with van der Waals surface area (Å²) in [5, 5.41) is 8.43. The lowest BCUT2D eigenvalue weighted by Crippen LogP contribution is -2.30. The largest absolute Gasteiger partial charge is 0.493 e. The standard InChI is InChI=1S/C22H25N3O5/c1-26-17-6-5-15(10-18(17)27-2)22-24-23-21(30-22)13-25-8-7-14-9-19(28-3)20(29-4)11-16(14)12-25/h5-6,9-11H,7-8,12-13H2,1-4H3. The summed E-state index contributed by atoms with van der Waals surface area (Å²) < 4.78 is 27.4. The van der Waals surface area contributed by atoms with Crippen LogP contribution in [0.1, 0.15) is 17.0 Å². The van der Waals surface area contributed by atoms with Gasteiger partial charge in [-0.25, -0.2) is 0 Å². The molecule has 0 amide bonds. The molecule has 0 N–H and O–H groups in total. The molecule has 30 heavy (non-hydrogen) atoms. The third-order valence-electron chi connectivity index (χ3n) is 5.25. The highest BCUT2D eigenvalue weighted by Crippen LogP contribution is 2.34. The Bertz CT molecular complexity index is 1030. The SMILES string of the molecule is COc1ccc(-c2nnc(CN3CCc4cc(OC)c(OC)cc4C3)o2)cc1OC. The Labute approximate surface area is 175 Å². The second-order valence-corrected chi connectivity index (χ2v) is 7.01. The van der Waals surface area contributed by atoms with Crippen LogP contribution in [0.4, 0.5) is 0 Å². The van der Waals surface area contributed by atoms with E-state index in [-0.39, 0.29) is 0 Å². The van der Waals surface area contributed by atoms with Gasteiger partial charge in [-0.1, -0.05) is 0 Å². The molecule has 2 aromatic carbocycles. The summed E-state index contributed by atoms with van der Waals surface area (Å²) in [6.07, 6.45) is 0.923. The predicted molar refractivity (Wildman–Crippen MR) is 110 cm³/mol. The topological polar surface area (TPSA) is 79.1 Å². The van der Waals surface area contributed by atoms with Gasteiger partial charge in [0.1, 0.15) is 0 Å². The lowest BCUT2D eigenvalue weighted by Gasteiger charge is -2.28. The molecular weight excluding hydrogens is 386 g/mol. The van der Waals surface area contributed by atoms with Gasteiger partial charge in [0, 0.05) is 18.7 Å². The Kier molecular flexibility index (Phi) is 5.76. The molecule has 0 saturated carbocycles. The first-order valence-corrected chi connectivity index (χ1v) is 9.66. The van der Waals surface area contributed by atoms with Crippen molar-refractivity contribution in [2.75, 3.05) is 35.0 Å². The van der Waals surface area contributed by atoms with Gasteiger partial charge in [-0.2, -0.15) is 0 Å². The Morgan fingerprint density at radius 1 is 0.833 bits per heavy atom. The van der Waals surface area contributed by atoms with Gasteiger partial charge in [0.15, 0.2) is 23.0 Å². The molecule has 0 unspecified atom stereocenters. The number of ether oxygens (including phenoxy) is 4. The average Bonchev–Trinajstić information content (AvgIpc) is 3.25. The lowest BCUT2D eigenvalue weighted by atomic mass is 9.99. The Hall–Kier alpha value is -3.26. The molecule has 0 radical (unpaired) electrons. The highest BCUT2D eigenvalue weighted by molar-refractivity contribution is 5.59. The lowest BCUT2D eigenvalue weighted by molar-refractivity contribution is 0.221. The maximum Gasteiger partial charge on any atom is 0.247 e. The van der Waals surface area contributed by atoms with Crippen LogP contribution in [0.15, 0.2) is 34.7 Å². The number of methoxy groups -OCH3 is 4. The molecule has 1 aliphatic rings. The maximum atomic E-state index is 5.91. The molecule has 1 aliphatic heterocycles. The molecule has 2 heterocycles. The normalized spacial score (nSPS) is 13.6. The molecule has 0 saturated heterocycles. The molecular formula is C22H25N3O5. The molecule has 0 atom stereocenters. The van der Waals surface area contributed by atoms with Crippen molar-refractivity contribution in [2.45, 2.75) is 19.5 Å². The number of fused-ring (bicyclic) bond motifs is 1. The van der Waals surface area contributed by atoms with E-state index in [9.17, 15) is 0 Å². The maximum absolute atomic E-state index is 5.91. The first-order chi connectivity index (χ1) is 14.6. The first-order valence-electron chi connectivity index (χ1n) is 9.66. The van der Waals surface area contributed by atoms with E-state index in [2.05, 4.69) is 21.2 Å². The quantitative estimate of drug-likeness (QED) is 0.586. The fourth-order valence-corrected chi connectivity index (χ4v) is 3.67. The van der Waals surface area contributed by atoms with Gasteiger partial charge in [-0.15, -0.1) is 10.2 Å². The zero-order chi connectivity index (χ0) is 21.1. The first kappa shape index (κ1) is 20.0. The molecule has 8 heteroatoms. The van der Waals surface area contributed by atoms with Gasteiger partial charge in [0.25, 0.3) is 0 Å². The minimum Gasteiger partial charge on any atom is -0.493 e. The summed E-state index contributed by atoms with van der Waals surface area (Å²) in [5.41, 5.74) is 3.28. The molecule has 0 spiro atoms. The summed E-state index contributed by atoms with van der Waals surface area (Å²) >= 11 is 0. The van der Waals surface area contributed by atoms with E-state index in [4.69, 9.17) is 23.4 Å². The highest BCUT2D eigenvalue weighted by atomic mass is 16.5. The summed E-state index contributed by atoms with van der Waals surface area (Å²) in [6, 6.07) is 9.63. The third kappa shape index (κ3) is 3.91. The van der Waals surface area contributed by atoms with E-state index in [1.807, 2.05) is 24.3 Å². The second-order valence-electron chi connectivity index (χ2n) is 7.01. The van der Waals surface area contributed by atoms with Gasteiger partial charge >= 0.3 is 0 Å². The summed E-state index contributed by atoms with van der Waals surface area (Å²) in [4.78, 5) is 2.28. The number of hydrogen-bond donors (Lipinski definition) is 0.